The van der Waals surface area contributed by atoms with Gasteiger partial charge in [0.2, 0.25) is 10.0 Å². The Labute approximate surface area is 162 Å². The molecule has 0 fully saturated rings. The van der Waals surface area contributed by atoms with Crippen molar-refractivity contribution in [1.29, 1.82) is 0 Å². The fourth-order valence-corrected chi connectivity index (χ4v) is 3.77. The minimum absolute atomic E-state index is 0.141. The first-order valence-corrected chi connectivity index (χ1v) is 10.4. The molecule has 0 aromatic heterocycles. The number of ether oxygens (including phenoxy) is 1. The number of anilines is 1. The van der Waals surface area contributed by atoms with Crippen LogP contribution in [-0.2, 0) is 14.8 Å². The topological polar surface area (TPSA) is 84.5 Å². The van der Waals surface area contributed by atoms with Crippen LogP contribution in [0.25, 0.3) is 0 Å². The summed E-state index contributed by atoms with van der Waals surface area (Å²) in [5.74, 6) is 0.107. The van der Waals surface area contributed by atoms with Crippen molar-refractivity contribution >= 4 is 37.5 Å². The van der Waals surface area contributed by atoms with Gasteiger partial charge in [-0.15, -0.1) is 0 Å². The molecule has 0 saturated heterocycles. The van der Waals surface area contributed by atoms with Crippen molar-refractivity contribution in [1.82, 2.24) is 4.72 Å². The van der Waals surface area contributed by atoms with Gasteiger partial charge in [-0.05, 0) is 55.8 Å². The lowest BCUT2D eigenvalue weighted by Gasteiger charge is -2.12. The Morgan fingerprint density at radius 3 is 2.50 bits per heavy atom. The highest BCUT2D eigenvalue weighted by atomic mass is 79.9. The summed E-state index contributed by atoms with van der Waals surface area (Å²) in [7, 11) is -3.55. The van der Waals surface area contributed by atoms with Gasteiger partial charge in [0.05, 0.1) is 4.90 Å². The molecule has 1 atom stereocenters. The molecule has 0 aliphatic rings. The zero-order valence-corrected chi connectivity index (χ0v) is 16.9. The molecular formula is C18H21BrN2O4S. The number of sulfonamides is 1. The Hall–Kier alpha value is -1.90. The number of carbonyl (C=O) groups is 1. The van der Waals surface area contributed by atoms with Crippen LogP contribution in [0, 0.1) is 0 Å². The molecule has 0 heterocycles. The van der Waals surface area contributed by atoms with Crippen LogP contribution in [0.15, 0.2) is 57.9 Å². The predicted octanol–water partition coefficient (Wildman–Crippen LogP) is 3.54. The zero-order chi connectivity index (χ0) is 19.2. The average Bonchev–Trinajstić information content (AvgIpc) is 2.60. The minimum Gasteiger partial charge on any atom is -0.484 e. The molecule has 0 aliphatic carbocycles. The Bertz CT molecular complexity index is 854. The number of nitrogens with one attached hydrogen (secondary N) is 2. The highest BCUT2D eigenvalue weighted by Crippen LogP contribution is 2.18. The highest BCUT2D eigenvalue weighted by molar-refractivity contribution is 9.10. The van der Waals surface area contributed by atoms with E-state index in [-0.39, 0.29) is 23.5 Å². The third-order valence-corrected chi connectivity index (χ3v) is 5.68. The minimum atomic E-state index is -3.55. The van der Waals surface area contributed by atoms with E-state index in [0.29, 0.717) is 17.9 Å². The van der Waals surface area contributed by atoms with Crippen LogP contribution in [0.5, 0.6) is 5.75 Å². The second kappa shape index (κ2) is 9.16. The molecule has 0 aliphatic heterocycles. The molecule has 8 heteroatoms. The Morgan fingerprint density at radius 2 is 1.88 bits per heavy atom. The number of hydrogen-bond acceptors (Lipinski definition) is 4. The van der Waals surface area contributed by atoms with E-state index < -0.39 is 10.0 Å². The number of carbonyl (C=O) groups excluding carboxylic acids is 1. The molecule has 26 heavy (non-hydrogen) atoms. The van der Waals surface area contributed by atoms with Crippen molar-refractivity contribution in [3.05, 3.63) is 53.0 Å². The van der Waals surface area contributed by atoms with Crippen molar-refractivity contribution in [2.75, 3.05) is 11.9 Å². The van der Waals surface area contributed by atoms with Crippen molar-refractivity contribution < 1.29 is 17.9 Å². The van der Waals surface area contributed by atoms with Crippen LogP contribution in [-0.4, -0.2) is 27.0 Å². The van der Waals surface area contributed by atoms with Gasteiger partial charge >= 0.3 is 0 Å². The van der Waals surface area contributed by atoms with E-state index in [1.165, 1.54) is 24.3 Å². The molecule has 2 rings (SSSR count). The third-order valence-electron chi connectivity index (χ3n) is 3.58. The van der Waals surface area contributed by atoms with Crippen LogP contribution in [0.2, 0.25) is 0 Å². The number of amides is 1. The van der Waals surface area contributed by atoms with Crippen molar-refractivity contribution in [3.63, 3.8) is 0 Å². The van der Waals surface area contributed by atoms with Crippen LogP contribution < -0.4 is 14.8 Å². The maximum Gasteiger partial charge on any atom is 0.262 e. The normalized spacial score (nSPS) is 12.4. The van der Waals surface area contributed by atoms with Crippen LogP contribution >= 0.6 is 15.9 Å². The van der Waals surface area contributed by atoms with Gasteiger partial charge in [0, 0.05) is 16.2 Å². The maximum atomic E-state index is 12.2. The van der Waals surface area contributed by atoms with E-state index in [1.807, 2.05) is 19.1 Å². The third kappa shape index (κ3) is 6.12. The van der Waals surface area contributed by atoms with Gasteiger partial charge in [0.15, 0.2) is 6.61 Å². The number of rotatable bonds is 8. The summed E-state index contributed by atoms with van der Waals surface area (Å²) in [6, 6.07) is 13.0. The van der Waals surface area contributed by atoms with Crippen molar-refractivity contribution in [2.45, 2.75) is 31.2 Å². The number of halogens is 1. The summed E-state index contributed by atoms with van der Waals surface area (Å²) in [5, 5.41) is 2.72. The Balaban J connectivity index is 1.92. The molecule has 1 amide bonds. The first kappa shape index (κ1) is 20.4. The summed E-state index contributed by atoms with van der Waals surface area (Å²) >= 11 is 3.33. The van der Waals surface area contributed by atoms with Gasteiger partial charge in [-0.2, -0.15) is 0 Å². The molecule has 2 aromatic carbocycles. The number of hydrogen-bond donors (Lipinski definition) is 2. The molecular weight excluding hydrogens is 420 g/mol. The van der Waals surface area contributed by atoms with Gasteiger partial charge in [0.25, 0.3) is 5.91 Å². The fourth-order valence-electron chi connectivity index (χ4n) is 2.04. The molecule has 0 spiro atoms. The second-order valence-electron chi connectivity index (χ2n) is 5.75. The predicted molar refractivity (Wildman–Crippen MR) is 105 cm³/mol. The van der Waals surface area contributed by atoms with Gasteiger partial charge in [-0.1, -0.05) is 28.9 Å². The zero-order valence-electron chi connectivity index (χ0n) is 14.5. The van der Waals surface area contributed by atoms with E-state index in [9.17, 15) is 13.2 Å². The van der Waals surface area contributed by atoms with E-state index >= 15 is 0 Å². The molecule has 6 nitrogen and oxygen atoms in total. The van der Waals surface area contributed by atoms with E-state index in [1.54, 1.807) is 19.1 Å². The van der Waals surface area contributed by atoms with Crippen LogP contribution in [0.4, 0.5) is 5.69 Å². The van der Waals surface area contributed by atoms with Crippen molar-refractivity contribution in [3.8, 4) is 5.75 Å². The summed E-state index contributed by atoms with van der Waals surface area (Å²) in [6.07, 6.45) is 0.702. The molecule has 0 saturated carbocycles. The summed E-state index contributed by atoms with van der Waals surface area (Å²) < 4.78 is 33.2. The van der Waals surface area contributed by atoms with Crippen LogP contribution in [0.1, 0.15) is 20.3 Å². The van der Waals surface area contributed by atoms with E-state index in [0.717, 1.165) is 4.47 Å². The SMILES string of the molecule is CC[C@H](C)NS(=O)(=O)c1ccc(OCC(=O)Nc2cccc(Br)c2)cc1. The lowest BCUT2D eigenvalue weighted by molar-refractivity contribution is -0.118. The van der Waals surface area contributed by atoms with Gasteiger partial charge in [0.1, 0.15) is 5.75 Å². The summed E-state index contributed by atoms with van der Waals surface area (Å²) in [5.41, 5.74) is 0.658. The fraction of sp³-hybridized carbons (Fsp3) is 0.278. The monoisotopic (exact) mass is 440 g/mol. The maximum absolute atomic E-state index is 12.2. The molecule has 2 N–H and O–H groups in total. The first-order valence-electron chi connectivity index (χ1n) is 8.11. The lowest BCUT2D eigenvalue weighted by atomic mass is 10.3. The second-order valence-corrected chi connectivity index (χ2v) is 8.38. The lowest BCUT2D eigenvalue weighted by Crippen LogP contribution is -2.31. The van der Waals surface area contributed by atoms with Crippen molar-refractivity contribution in [2.24, 2.45) is 0 Å². The van der Waals surface area contributed by atoms with Gasteiger partial charge in [-0.25, -0.2) is 13.1 Å². The largest absolute Gasteiger partial charge is 0.484 e. The quantitative estimate of drug-likeness (QED) is 0.657. The molecule has 140 valence electrons. The van der Waals surface area contributed by atoms with Gasteiger partial charge in [-0.3, -0.25) is 4.79 Å². The first-order chi connectivity index (χ1) is 12.3. The molecule has 0 radical (unpaired) electrons. The van der Waals surface area contributed by atoms with Crippen LogP contribution in [0.3, 0.4) is 0 Å². The Morgan fingerprint density at radius 1 is 1.19 bits per heavy atom. The van der Waals surface area contributed by atoms with Gasteiger partial charge < -0.3 is 10.1 Å². The Kier molecular flexibility index (Phi) is 7.19. The average molecular weight is 441 g/mol. The van der Waals surface area contributed by atoms with E-state index in [2.05, 4.69) is 26.0 Å². The smallest absolute Gasteiger partial charge is 0.262 e. The molecule has 0 bridgehead atoms. The molecule has 0 unspecified atom stereocenters. The summed E-state index contributed by atoms with van der Waals surface area (Å²) in [4.78, 5) is 12.1. The number of benzene rings is 2. The van der Waals surface area contributed by atoms with E-state index in [4.69, 9.17) is 4.74 Å². The standard InChI is InChI=1S/C18H21BrN2O4S/c1-3-13(2)21-26(23,24)17-9-7-16(8-10-17)25-12-18(22)20-15-6-4-5-14(19)11-15/h4-11,13,21H,3,12H2,1-2H3,(H,20,22)/t13-/m0/s1. The summed E-state index contributed by atoms with van der Waals surface area (Å²) in [6.45, 7) is 3.53. The molecule has 2 aromatic rings. The highest BCUT2D eigenvalue weighted by Gasteiger charge is 2.16.